The molecule has 1 aliphatic rings. The Hall–Kier alpha value is -1.81. The second-order valence-electron chi connectivity index (χ2n) is 4.05. The number of rotatable bonds is 3. The van der Waals surface area contributed by atoms with Crippen LogP contribution in [0.3, 0.4) is 0 Å². The lowest BCUT2D eigenvalue weighted by molar-refractivity contribution is -0.117. The zero-order chi connectivity index (χ0) is 12.3. The van der Waals surface area contributed by atoms with Crippen molar-refractivity contribution in [1.82, 2.24) is 5.32 Å². The van der Waals surface area contributed by atoms with Crippen LogP contribution in [0.4, 0.5) is 5.69 Å². The van der Waals surface area contributed by atoms with Gasteiger partial charge in [0.05, 0.1) is 6.61 Å². The molecule has 2 N–H and O–H groups in total. The van der Waals surface area contributed by atoms with Crippen molar-refractivity contribution in [3.63, 3.8) is 0 Å². The molecule has 0 saturated carbocycles. The highest BCUT2D eigenvalue weighted by Gasteiger charge is 2.18. The van der Waals surface area contributed by atoms with Gasteiger partial charge in [-0.05, 0) is 11.6 Å². The first kappa shape index (κ1) is 11.7. The van der Waals surface area contributed by atoms with Crippen LogP contribution in [0.2, 0.25) is 0 Å². The lowest BCUT2D eigenvalue weighted by Gasteiger charge is -2.25. The molecule has 0 fully saturated rings. The Kier molecular flexibility index (Phi) is 3.44. The number of aliphatic hydroxyl groups is 1. The number of hydrogen-bond acceptors (Lipinski definition) is 3. The van der Waals surface area contributed by atoms with E-state index >= 15 is 0 Å². The van der Waals surface area contributed by atoms with Crippen molar-refractivity contribution in [2.24, 2.45) is 0 Å². The topological polar surface area (TPSA) is 52.6 Å². The van der Waals surface area contributed by atoms with E-state index in [1.54, 1.807) is 0 Å². The average Bonchev–Trinajstić information content (AvgIpc) is 2.36. The SMILES string of the molecule is CN1C=C(C(=O)NCCO)Cc2ccccc21. The maximum atomic E-state index is 11.8. The van der Waals surface area contributed by atoms with Gasteiger partial charge in [-0.1, -0.05) is 18.2 Å². The first-order chi connectivity index (χ1) is 8.22. The summed E-state index contributed by atoms with van der Waals surface area (Å²) in [6.07, 6.45) is 2.48. The largest absolute Gasteiger partial charge is 0.395 e. The monoisotopic (exact) mass is 232 g/mol. The number of aliphatic hydroxyl groups excluding tert-OH is 1. The number of amides is 1. The zero-order valence-corrected chi connectivity index (χ0v) is 9.81. The van der Waals surface area contributed by atoms with Gasteiger partial charge < -0.3 is 15.3 Å². The van der Waals surface area contributed by atoms with Gasteiger partial charge in [-0.25, -0.2) is 0 Å². The number of fused-ring (bicyclic) bond motifs is 1. The van der Waals surface area contributed by atoms with Gasteiger partial charge in [-0.3, -0.25) is 4.79 Å². The van der Waals surface area contributed by atoms with Crippen molar-refractivity contribution in [2.45, 2.75) is 6.42 Å². The van der Waals surface area contributed by atoms with E-state index in [4.69, 9.17) is 5.11 Å². The molecule has 0 bridgehead atoms. The molecule has 90 valence electrons. The molecule has 0 saturated heterocycles. The van der Waals surface area contributed by atoms with Crippen molar-refractivity contribution in [3.8, 4) is 0 Å². The highest BCUT2D eigenvalue weighted by Crippen LogP contribution is 2.27. The Labute approximate surface area is 101 Å². The fourth-order valence-electron chi connectivity index (χ4n) is 1.98. The summed E-state index contributed by atoms with van der Waals surface area (Å²) in [5.74, 6) is -0.111. The second kappa shape index (κ2) is 5.01. The summed E-state index contributed by atoms with van der Waals surface area (Å²) in [6, 6.07) is 8.02. The van der Waals surface area contributed by atoms with Gasteiger partial charge in [0.15, 0.2) is 0 Å². The summed E-state index contributed by atoms with van der Waals surface area (Å²) in [5.41, 5.74) is 3.00. The van der Waals surface area contributed by atoms with E-state index in [0.29, 0.717) is 13.0 Å². The van der Waals surface area contributed by atoms with Crippen LogP contribution in [-0.4, -0.2) is 31.2 Å². The Morgan fingerprint density at radius 1 is 1.47 bits per heavy atom. The minimum atomic E-state index is -0.111. The molecule has 17 heavy (non-hydrogen) atoms. The summed E-state index contributed by atoms with van der Waals surface area (Å²) < 4.78 is 0. The van der Waals surface area contributed by atoms with Gasteiger partial charge in [-0.15, -0.1) is 0 Å². The lowest BCUT2D eigenvalue weighted by atomic mass is 9.99. The fourth-order valence-corrected chi connectivity index (χ4v) is 1.98. The standard InChI is InChI=1S/C13H16N2O2/c1-15-9-11(13(17)14-6-7-16)8-10-4-2-3-5-12(10)15/h2-5,9,16H,6-8H2,1H3,(H,14,17). The van der Waals surface area contributed by atoms with Crippen molar-refractivity contribution < 1.29 is 9.90 Å². The van der Waals surface area contributed by atoms with E-state index in [2.05, 4.69) is 5.32 Å². The Morgan fingerprint density at radius 2 is 2.24 bits per heavy atom. The lowest BCUT2D eigenvalue weighted by Crippen LogP contribution is -2.31. The van der Waals surface area contributed by atoms with Gasteiger partial charge in [0.25, 0.3) is 0 Å². The van der Waals surface area contributed by atoms with Crippen molar-refractivity contribution in [1.29, 1.82) is 0 Å². The maximum absolute atomic E-state index is 11.8. The second-order valence-corrected chi connectivity index (χ2v) is 4.05. The minimum Gasteiger partial charge on any atom is -0.395 e. The quantitative estimate of drug-likeness (QED) is 0.805. The normalized spacial score (nSPS) is 14.0. The number of carbonyl (C=O) groups excluding carboxylic acids is 1. The van der Waals surface area contributed by atoms with Crippen LogP contribution in [0.25, 0.3) is 0 Å². The number of anilines is 1. The molecule has 4 nitrogen and oxygen atoms in total. The molecule has 1 aromatic carbocycles. The summed E-state index contributed by atoms with van der Waals surface area (Å²) in [6.45, 7) is 0.257. The van der Waals surface area contributed by atoms with Gasteiger partial charge in [0, 0.05) is 37.5 Å². The summed E-state index contributed by atoms with van der Waals surface area (Å²) in [4.78, 5) is 13.7. The molecule has 1 aromatic rings. The van der Waals surface area contributed by atoms with E-state index in [0.717, 1.165) is 16.8 Å². The van der Waals surface area contributed by atoms with Crippen LogP contribution >= 0.6 is 0 Å². The molecule has 4 heteroatoms. The first-order valence-corrected chi connectivity index (χ1v) is 5.63. The predicted octanol–water partition coefficient (Wildman–Crippen LogP) is 0.671. The number of para-hydroxylation sites is 1. The Balaban J connectivity index is 2.16. The molecule has 0 aliphatic carbocycles. The first-order valence-electron chi connectivity index (χ1n) is 5.63. The zero-order valence-electron chi connectivity index (χ0n) is 9.81. The average molecular weight is 232 g/mol. The molecule has 0 atom stereocenters. The van der Waals surface area contributed by atoms with E-state index in [1.807, 2.05) is 42.4 Å². The van der Waals surface area contributed by atoms with Crippen LogP contribution in [0, 0.1) is 0 Å². The Morgan fingerprint density at radius 3 is 3.00 bits per heavy atom. The van der Waals surface area contributed by atoms with Gasteiger partial charge in [0.2, 0.25) is 5.91 Å². The Bertz CT molecular complexity index is 454. The molecule has 1 amide bonds. The summed E-state index contributed by atoms with van der Waals surface area (Å²) in [5, 5.41) is 11.3. The van der Waals surface area contributed by atoms with Gasteiger partial charge in [0.1, 0.15) is 0 Å². The molecule has 0 unspecified atom stereocenters. The van der Waals surface area contributed by atoms with Crippen LogP contribution < -0.4 is 10.2 Å². The molecular formula is C13H16N2O2. The fraction of sp³-hybridized carbons (Fsp3) is 0.308. The molecule has 1 aliphatic heterocycles. The summed E-state index contributed by atoms with van der Waals surface area (Å²) >= 11 is 0. The number of nitrogens with one attached hydrogen (secondary N) is 1. The highest BCUT2D eigenvalue weighted by molar-refractivity contribution is 5.95. The van der Waals surface area contributed by atoms with Crippen LogP contribution in [-0.2, 0) is 11.2 Å². The molecule has 2 rings (SSSR count). The van der Waals surface area contributed by atoms with Gasteiger partial charge in [-0.2, -0.15) is 0 Å². The van der Waals surface area contributed by atoms with Crippen molar-refractivity contribution >= 4 is 11.6 Å². The van der Waals surface area contributed by atoms with Crippen LogP contribution in [0.15, 0.2) is 36.0 Å². The molecule has 0 radical (unpaired) electrons. The van der Waals surface area contributed by atoms with Crippen molar-refractivity contribution in [2.75, 3.05) is 25.1 Å². The number of hydrogen-bond donors (Lipinski definition) is 2. The number of benzene rings is 1. The predicted molar refractivity (Wildman–Crippen MR) is 66.7 cm³/mol. The van der Waals surface area contributed by atoms with E-state index < -0.39 is 0 Å². The number of nitrogens with zero attached hydrogens (tertiary/aromatic N) is 1. The van der Waals surface area contributed by atoms with Crippen LogP contribution in [0.1, 0.15) is 5.56 Å². The highest BCUT2D eigenvalue weighted by atomic mass is 16.3. The number of carbonyl (C=O) groups is 1. The molecule has 1 heterocycles. The summed E-state index contributed by atoms with van der Waals surface area (Å²) in [7, 11) is 1.93. The molecular weight excluding hydrogens is 216 g/mol. The van der Waals surface area contributed by atoms with Crippen molar-refractivity contribution in [3.05, 3.63) is 41.6 Å². The van der Waals surface area contributed by atoms with E-state index in [1.165, 1.54) is 0 Å². The molecule has 0 spiro atoms. The third kappa shape index (κ3) is 2.47. The minimum absolute atomic E-state index is 0.0363. The van der Waals surface area contributed by atoms with E-state index in [-0.39, 0.29) is 12.5 Å². The maximum Gasteiger partial charge on any atom is 0.249 e. The van der Waals surface area contributed by atoms with E-state index in [9.17, 15) is 4.79 Å². The third-order valence-corrected chi connectivity index (χ3v) is 2.79. The third-order valence-electron chi connectivity index (χ3n) is 2.79. The van der Waals surface area contributed by atoms with Gasteiger partial charge >= 0.3 is 0 Å². The molecule has 0 aromatic heterocycles. The van der Waals surface area contributed by atoms with Crippen LogP contribution in [0.5, 0.6) is 0 Å². The smallest absolute Gasteiger partial charge is 0.249 e.